The highest BCUT2D eigenvalue weighted by atomic mass is 16.1. The maximum Gasteiger partial charge on any atom is 0.159 e. The maximum absolute atomic E-state index is 11.1. The molecule has 0 aromatic heterocycles. The third kappa shape index (κ3) is 8.11. The van der Waals surface area contributed by atoms with Gasteiger partial charge in [-0.15, -0.1) is 0 Å². The van der Waals surface area contributed by atoms with Crippen molar-refractivity contribution in [2.75, 3.05) is 0 Å². The Labute approximate surface area is 125 Å². The van der Waals surface area contributed by atoms with Gasteiger partial charge in [0.2, 0.25) is 0 Å². The van der Waals surface area contributed by atoms with Crippen LogP contribution in [0.15, 0.2) is 24.3 Å². The molecule has 0 aliphatic carbocycles. The van der Waals surface area contributed by atoms with E-state index in [4.69, 9.17) is 0 Å². The Balaban J connectivity index is 0.000000796. The van der Waals surface area contributed by atoms with E-state index in [0.29, 0.717) is 6.04 Å². The van der Waals surface area contributed by atoms with E-state index in [1.54, 1.807) is 6.92 Å². The quantitative estimate of drug-likeness (QED) is 0.713. The first-order valence-corrected chi connectivity index (χ1v) is 7.92. The van der Waals surface area contributed by atoms with Crippen LogP contribution in [0.2, 0.25) is 0 Å². The van der Waals surface area contributed by atoms with Crippen molar-refractivity contribution in [1.29, 1.82) is 0 Å². The molecule has 0 atom stereocenters. The number of hydrogen-bond donors (Lipinski definition) is 1. The highest BCUT2D eigenvalue weighted by molar-refractivity contribution is 5.93. The predicted molar refractivity (Wildman–Crippen MR) is 88.2 cm³/mol. The van der Waals surface area contributed by atoms with Crippen molar-refractivity contribution >= 4 is 5.78 Å². The highest BCUT2D eigenvalue weighted by Gasteiger charge is 2.03. The van der Waals surface area contributed by atoms with Crippen LogP contribution in [0, 0.1) is 0 Å². The first kappa shape index (κ1) is 18.9. The highest BCUT2D eigenvalue weighted by Crippen LogP contribution is 2.06. The molecular formula is C18H31NO. The molecule has 0 radical (unpaired) electrons. The van der Waals surface area contributed by atoms with Gasteiger partial charge < -0.3 is 5.32 Å². The average molecular weight is 277 g/mol. The topological polar surface area (TPSA) is 29.1 Å². The second-order valence-electron chi connectivity index (χ2n) is 5.15. The Morgan fingerprint density at radius 1 is 1.00 bits per heavy atom. The molecule has 0 heterocycles. The third-order valence-corrected chi connectivity index (χ3v) is 3.44. The number of carbonyl (C=O) groups is 1. The maximum atomic E-state index is 11.1. The van der Waals surface area contributed by atoms with E-state index in [1.807, 2.05) is 24.3 Å². The monoisotopic (exact) mass is 277 g/mol. The van der Waals surface area contributed by atoms with Crippen LogP contribution in [0.5, 0.6) is 0 Å². The zero-order valence-electron chi connectivity index (χ0n) is 13.8. The van der Waals surface area contributed by atoms with Crippen molar-refractivity contribution in [2.45, 2.75) is 72.9 Å². The second-order valence-corrected chi connectivity index (χ2v) is 5.15. The number of rotatable bonds is 7. The van der Waals surface area contributed by atoms with E-state index >= 15 is 0 Å². The van der Waals surface area contributed by atoms with Gasteiger partial charge in [0, 0.05) is 18.2 Å². The molecule has 0 saturated heterocycles. The van der Waals surface area contributed by atoms with Crippen LogP contribution < -0.4 is 5.32 Å². The molecule has 1 N–H and O–H groups in total. The van der Waals surface area contributed by atoms with Gasteiger partial charge >= 0.3 is 0 Å². The summed E-state index contributed by atoms with van der Waals surface area (Å²) in [7, 11) is 0. The largest absolute Gasteiger partial charge is 0.310 e. The van der Waals surface area contributed by atoms with Gasteiger partial charge in [0.25, 0.3) is 0 Å². The van der Waals surface area contributed by atoms with Crippen molar-refractivity contribution < 1.29 is 4.79 Å². The van der Waals surface area contributed by atoms with Gasteiger partial charge in [-0.25, -0.2) is 0 Å². The lowest BCUT2D eigenvalue weighted by Gasteiger charge is -2.14. The molecule has 1 rings (SSSR count). The third-order valence-electron chi connectivity index (χ3n) is 3.44. The van der Waals surface area contributed by atoms with Gasteiger partial charge in [0.05, 0.1) is 0 Å². The number of unbranched alkanes of at least 4 members (excludes halogenated alkanes) is 1. The minimum Gasteiger partial charge on any atom is -0.310 e. The molecule has 1 aromatic rings. The lowest BCUT2D eigenvalue weighted by atomic mass is 10.1. The Kier molecular flexibility index (Phi) is 11.0. The molecule has 0 amide bonds. The number of ketones is 1. The molecular weight excluding hydrogens is 246 g/mol. The minimum atomic E-state index is 0.125. The van der Waals surface area contributed by atoms with Crippen LogP contribution in [-0.4, -0.2) is 11.8 Å². The Hall–Kier alpha value is -1.15. The summed E-state index contributed by atoms with van der Waals surface area (Å²) in [6, 6.07) is 8.42. The van der Waals surface area contributed by atoms with E-state index in [9.17, 15) is 4.79 Å². The molecule has 0 saturated carbocycles. The summed E-state index contributed by atoms with van der Waals surface area (Å²) in [6.07, 6.45) is 4.95. The Bertz CT molecular complexity index is 350. The van der Waals surface area contributed by atoms with Crippen LogP contribution in [0.1, 0.15) is 76.2 Å². The molecule has 20 heavy (non-hydrogen) atoms. The first-order valence-electron chi connectivity index (χ1n) is 7.92. The molecule has 114 valence electrons. The summed E-state index contributed by atoms with van der Waals surface area (Å²) >= 11 is 0. The van der Waals surface area contributed by atoms with Crippen LogP contribution >= 0.6 is 0 Å². The van der Waals surface area contributed by atoms with Crippen LogP contribution in [-0.2, 0) is 6.54 Å². The Morgan fingerprint density at radius 3 is 1.85 bits per heavy atom. The fourth-order valence-corrected chi connectivity index (χ4v) is 1.70. The van der Waals surface area contributed by atoms with Crippen LogP contribution in [0.4, 0.5) is 0 Å². The molecule has 0 unspecified atom stereocenters. The van der Waals surface area contributed by atoms with Crippen molar-refractivity contribution in [1.82, 2.24) is 5.32 Å². The van der Waals surface area contributed by atoms with Crippen molar-refractivity contribution in [3.63, 3.8) is 0 Å². The predicted octanol–water partition coefficient (Wildman–Crippen LogP) is 4.97. The van der Waals surface area contributed by atoms with Gasteiger partial charge in [-0.1, -0.05) is 64.8 Å². The molecule has 0 aliphatic rings. The van der Waals surface area contributed by atoms with E-state index in [-0.39, 0.29) is 5.78 Å². The zero-order valence-corrected chi connectivity index (χ0v) is 13.8. The molecule has 1 aromatic carbocycles. The molecule has 2 nitrogen and oxygen atoms in total. The first-order chi connectivity index (χ1) is 9.58. The van der Waals surface area contributed by atoms with Gasteiger partial charge in [0.15, 0.2) is 5.78 Å². The normalized spacial score (nSPS) is 10.1. The summed E-state index contributed by atoms with van der Waals surface area (Å²) in [5.41, 5.74) is 2.02. The van der Waals surface area contributed by atoms with Crippen molar-refractivity contribution in [3.8, 4) is 0 Å². The van der Waals surface area contributed by atoms with Gasteiger partial charge in [-0.2, -0.15) is 0 Å². The number of carbonyl (C=O) groups excluding carboxylic acids is 1. The molecule has 0 fully saturated rings. The summed E-state index contributed by atoms with van der Waals surface area (Å²) in [5, 5.41) is 3.50. The molecule has 0 spiro atoms. The zero-order chi connectivity index (χ0) is 15.4. The van der Waals surface area contributed by atoms with Crippen LogP contribution in [0.3, 0.4) is 0 Å². The number of benzene rings is 1. The lowest BCUT2D eigenvalue weighted by Crippen LogP contribution is -2.26. The van der Waals surface area contributed by atoms with E-state index in [0.717, 1.165) is 24.9 Å². The second kappa shape index (κ2) is 11.7. The van der Waals surface area contributed by atoms with Crippen LogP contribution in [0.25, 0.3) is 0 Å². The summed E-state index contributed by atoms with van der Waals surface area (Å²) in [5.74, 6) is 0.125. The van der Waals surface area contributed by atoms with Crippen molar-refractivity contribution in [2.24, 2.45) is 0 Å². The van der Waals surface area contributed by atoms with E-state index in [1.165, 1.54) is 18.4 Å². The van der Waals surface area contributed by atoms with E-state index < -0.39 is 0 Å². The van der Waals surface area contributed by atoms with Crippen molar-refractivity contribution in [3.05, 3.63) is 35.4 Å². The lowest BCUT2D eigenvalue weighted by molar-refractivity contribution is 0.101. The fourth-order valence-electron chi connectivity index (χ4n) is 1.70. The summed E-state index contributed by atoms with van der Waals surface area (Å²) < 4.78 is 0. The number of nitrogens with one attached hydrogen (secondary N) is 1. The smallest absolute Gasteiger partial charge is 0.159 e. The molecule has 0 aliphatic heterocycles. The van der Waals surface area contributed by atoms with Gasteiger partial charge in [0.1, 0.15) is 0 Å². The Morgan fingerprint density at radius 2 is 1.50 bits per heavy atom. The summed E-state index contributed by atoms with van der Waals surface area (Å²) in [6.45, 7) is 11.2. The number of Topliss-reactive ketones (excluding diaryl/α,β-unsaturated/α-hetero) is 1. The standard InChI is InChI=1S/C14H21NO.C4H10/c1-4-14(5-2)15-10-12-6-8-13(9-7-12)11(3)16;1-3-4-2/h6-9,14-15H,4-5,10H2,1-3H3;3-4H2,1-2H3. The number of hydrogen-bond acceptors (Lipinski definition) is 2. The minimum absolute atomic E-state index is 0.125. The average Bonchev–Trinajstić information content (AvgIpc) is 2.49. The van der Waals surface area contributed by atoms with Gasteiger partial charge in [-0.05, 0) is 25.3 Å². The summed E-state index contributed by atoms with van der Waals surface area (Å²) in [4.78, 5) is 11.1. The SMILES string of the molecule is CCC(CC)NCc1ccc(C(C)=O)cc1.CCCC. The van der Waals surface area contributed by atoms with Gasteiger partial charge in [-0.3, -0.25) is 4.79 Å². The molecule has 0 bridgehead atoms. The fraction of sp³-hybridized carbons (Fsp3) is 0.611. The molecule has 2 heteroatoms. The van der Waals surface area contributed by atoms with E-state index in [2.05, 4.69) is 33.0 Å².